The third-order valence-corrected chi connectivity index (χ3v) is 10.4. The average molecular weight is 427 g/mol. The van der Waals surface area contributed by atoms with Crippen LogP contribution >= 0.6 is 0 Å². The lowest BCUT2D eigenvalue weighted by Crippen LogP contribution is -2.52. The van der Waals surface area contributed by atoms with Gasteiger partial charge < -0.3 is 9.47 Å². The molecule has 0 bridgehead atoms. The summed E-state index contributed by atoms with van der Waals surface area (Å²) in [6.45, 7) is 9.05. The highest BCUT2D eigenvalue weighted by Gasteiger charge is 2.60. The highest BCUT2D eigenvalue weighted by Crippen LogP contribution is 2.68. The largest absolute Gasteiger partial charge is 0.458 e. The molecule has 0 radical (unpaired) electrons. The molecule has 4 saturated carbocycles. The van der Waals surface area contributed by atoms with Crippen molar-refractivity contribution in [3.63, 3.8) is 0 Å². The van der Waals surface area contributed by atoms with Crippen molar-refractivity contribution in [1.29, 1.82) is 0 Å². The standard InChI is InChI=1S/C27H38O4/c1-4-15-30-24(28)23-19(16-31-25(23)29)21-11-10-20-18-9-8-17-7-5-6-13-26(17,2)22(18)12-14-27(20,21)3/h4,17-18,20-22H,1,5-16H2,2-3H3/t17?,18-,20-,21+,22-,26-,27-/m0/s1. The molecule has 0 aromatic carbocycles. The maximum Gasteiger partial charge on any atom is 0.345 e. The third-order valence-electron chi connectivity index (χ3n) is 10.4. The van der Waals surface area contributed by atoms with Crippen LogP contribution in [0.15, 0.2) is 23.8 Å². The molecule has 0 amide bonds. The van der Waals surface area contributed by atoms with Crippen molar-refractivity contribution in [2.75, 3.05) is 13.2 Å². The summed E-state index contributed by atoms with van der Waals surface area (Å²) in [7, 11) is 0. The molecule has 0 spiro atoms. The summed E-state index contributed by atoms with van der Waals surface area (Å²) in [4.78, 5) is 25.1. The van der Waals surface area contributed by atoms with Gasteiger partial charge >= 0.3 is 11.9 Å². The van der Waals surface area contributed by atoms with Crippen LogP contribution < -0.4 is 0 Å². The summed E-state index contributed by atoms with van der Waals surface area (Å²) in [6, 6.07) is 0. The number of cyclic esters (lactones) is 1. The van der Waals surface area contributed by atoms with Crippen molar-refractivity contribution in [1.82, 2.24) is 0 Å². The van der Waals surface area contributed by atoms with E-state index in [0.29, 0.717) is 11.3 Å². The zero-order valence-electron chi connectivity index (χ0n) is 19.3. The van der Waals surface area contributed by atoms with Crippen molar-refractivity contribution >= 4 is 11.9 Å². The van der Waals surface area contributed by atoms with Crippen LogP contribution in [-0.4, -0.2) is 25.2 Å². The lowest BCUT2D eigenvalue weighted by atomic mass is 9.44. The van der Waals surface area contributed by atoms with E-state index in [4.69, 9.17) is 9.47 Å². The second-order valence-corrected chi connectivity index (χ2v) is 11.4. The Morgan fingerprint density at radius 3 is 2.68 bits per heavy atom. The fraction of sp³-hybridized carbons (Fsp3) is 0.778. The molecule has 5 rings (SSSR count). The molecule has 1 heterocycles. The summed E-state index contributed by atoms with van der Waals surface area (Å²) in [5.41, 5.74) is 1.79. The first kappa shape index (κ1) is 21.3. The van der Waals surface area contributed by atoms with Crippen molar-refractivity contribution in [3.05, 3.63) is 23.8 Å². The van der Waals surface area contributed by atoms with Gasteiger partial charge in [-0.2, -0.15) is 0 Å². The number of esters is 2. The van der Waals surface area contributed by atoms with Crippen LogP contribution in [-0.2, 0) is 19.1 Å². The van der Waals surface area contributed by atoms with Gasteiger partial charge in [0.2, 0.25) is 0 Å². The van der Waals surface area contributed by atoms with Gasteiger partial charge in [-0.1, -0.05) is 39.3 Å². The maximum atomic E-state index is 12.6. The quantitative estimate of drug-likeness (QED) is 0.333. The molecule has 0 aromatic rings. The molecule has 4 nitrogen and oxygen atoms in total. The monoisotopic (exact) mass is 426 g/mol. The average Bonchev–Trinajstić information content (AvgIpc) is 3.30. The van der Waals surface area contributed by atoms with Crippen LogP contribution in [0.4, 0.5) is 0 Å². The lowest BCUT2D eigenvalue weighted by molar-refractivity contribution is -0.144. The van der Waals surface area contributed by atoms with Gasteiger partial charge in [0.1, 0.15) is 18.8 Å². The molecule has 7 atom stereocenters. The number of rotatable bonds is 4. The van der Waals surface area contributed by atoms with Crippen molar-refractivity contribution in [2.45, 2.75) is 78.1 Å². The van der Waals surface area contributed by atoms with Crippen LogP contribution in [0, 0.1) is 40.4 Å². The maximum absolute atomic E-state index is 12.6. The Morgan fingerprint density at radius 2 is 1.87 bits per heavy atom. The smallest absolute Gasteiger partial charge is 0.345 e. The fourth-order valence-electron chi connectivity index (χ4n) is 8.98. The Labute approximate surface area is 186 Å². The molecule has 0 saturated heterocycles. The molecule has 170 valence electrons. The van der Waals surface area contributed by atoms with Gasteiger partial charge in [-0.15, -0.1) is 0 Å². The number of carbonyl (C=O) groups excluding carboxylic acids is 2. The van der Waals surface area contributed by atoms with E-state index in [0.717, 1.165) is 29.7 Å². The lowest BCUT2D eigenvalue weighted by Gasteiger charge is -2.60. The van der Waals surface area contributed by atoms with E-state index in [1.807, 2.05) is 0 Å². The Morgan fingerprint density at radius 1 is 1.06 bits per heavy atom. The molecule has 4 aliphatic carbocycles. The second kappa shape index (κ2) is 7.78. The van der Waals surface area contributed by atoms with Gasteiger partial charge in [0.25, 0.3) is 0 Å². The van der Waals surface area contributed by atoms with Crippen LogP contribution in [0.1, 0.15) is 78.1 Å². The molecule has 1 aliphatic heterocycles. The Bertz CT molecular complexity index is 812. The zero-order chi connectivity index (χ0) is 21.8. The molecule has 4 heteroatoms. The predicted molar refractivity (Wildman–Crippen MR) is 119 cm³/mol. The summed E-state index contributed by atoms with van der Waals surface area (Å²) in [5, 5.41) is 0. The van der Waals surface area contributed by atoms with Gasteiger partial charge in [0.15, 0.2) is 0 Å². The Kier molecular flexibility index (Phi) is 5.34. The molecule has 1 unspecified atom stereocenters. The Balaban J connectivity index is 1.43. The van der Waals surface area contributed by atoms with E-state index in [9.17, 15) is 9.59 Å². The van der Waals surface area contributed by atoms with Crippen LogP contribution in [0.5, 0.6) is 0 Å². The molecular formula is C27H38O4. The van der Waals surface area contributed by atoms with E-state index in [-0.39, 0.29) is 30.1 Å². The van der Waals surface area contributed by atoms with Crippen LogP contribution in [0.3, 0.4) is 0 Å². The number of hydrogen-bond acceptors (Lipinski definition) is 4. The van der Waals surface area contributed by atoms with Gasteiger partial charge in [-0.3, -0.25) is 0 Å². The number of ether oxygens (including phenoxy) is 2. The minimum atomic E-state index is -0.534. The SMILES string of the molecule is C=CCOC(=O)C1=C([C@H]2CC[C@H]3[C@@H]4CCC5CCCC[C@]5(C)[C@H]4CC[C@]23C)COC1=O. The van der Waals surface area contributed by atoms with Gasteiger partial charge in [-0.05, 0) is 97.4 Å². The molecular weight excluding hydrogens is 388 g/mol. The van der Waals surface area contributed by atoms with E-state index >= 15 is 0 Å². The first-order valence-corrected chi connectivity index (χ1v) is 12.6. The summed E-state index contributed by atoms with van der Waals surface area (Å²) < 4.78 is 10.6. The first-order valence-electron chi connectivity index (χ1n) is 12.6. The van der Waals surface area contributed by atoms with E-state index in [2.05, 4.69) is 20.4 Å². The summed E-state index contributed by atoms with van der Waals surface area (Å²) >= 11 is 0. The van der Waals surface area contributed by atoms with Gasteiger partial charge in [-0.25, -0.2) is 9.59 Å². The molecule has 5 aliphatic rings. The second-order valence-electron chi connectivity index (χ2n) is 11.4. The first-order chi connectivity index (χ1) is 14.9. The van der Waals surface area contributed by atoms with E-state index in [1.165, 1.54) is 63.9 Å². The van der Waals surface area contributed by atoms with Crippen molar-refractivity contribution < 1.29 is 19.1 Å². The number of hydrogen-bond donors (Lipinski definition) is 0. The zero-order valence-corrected chi connectivity index (χ0v) is 19.3. The minimum Gasteiger partial charge on any atom is -0.458 e. The Hall–Kier alpha value is -1.58. The topological polar surface area (TPSA) is 52.6 Å². The van der Waals surface area contributed by atoms with E-state index < -0.39 is 11.9 Å². The highest BCUT2D eigenvalue weighted by atomic mass is 16.6. The summed E-state index contributed by atoms with van der Waals surface area (Å²) in [6.07, 6.45) is 14.8. The normalized spacial score (nSPS) is 44.2. The molecule has 4 fully saturated rings. The van der Waals surface area contributed by atoms with Crippen molar-refractivity contribution in [2.24, 2.45) is 40.4 Å². The van der Waals surface area contributed by atoms with Gasteiger partial charge in [0, 0.05) is 0 Å². The predicted octanol–water partition coefficient (Wildman–Crippen LogP) is 5.62. The molecule has 0 N–H and O–H groups in total. The van der Waals surface area contributed by atoms with Gasteiger partial charge in [0.05, 0.1) is 0 Å². The summed E-state index contributed by atoms with van der Waals surface area (Å²) in [5.74, 6) is 2.51. The van der Waals surface area contributed by atoms with Crippen LogP contribution in [0.25, 0.3) is 0 Å². The van der Waals surface area contributed by atoms with Crippen molar-refractivity contribution in [3.8, 4) is 0 Å². The van der Waals surface area contributed by atoms with Crippen LogP contribution in [0.2, 0.25) is 0 Å². The minimum absolute atomic E-state index is 0.122. The third kappa shape index (κ3) is 3.15. The van der Waals surface area contributed by atoms with E-state index in [1.54, 1.807) is 0 Å². The number of carbonyl (C=O) groups is 2. The number of fused-ring (bicyclic) bond motifs is 5. The molecule has 31 heavy (non-hydrogen) atoms. The molecule has 0 aromatic heterocycles. The fourth-order valence-corrected chi connectivity index (χ4v) is 8.98. The highest BCUT2D eigenvalue weighted by molar-refractivity contribution is 6.16.